The van der Waals surface area contributed by atoms with Crippen LogP contribution in [0.5, 0.6) is 11.5 Å². The maximum atomic E-state index is 13.8. The number of ether oxygens (including phenoxy) is 2. The van der Waals surface area contributed by atoms with E-state index in [-0.39, 0.29) is 29.3 Å². The summed E-state index contributed by atoms with van der Waals surface area (Å²) in [5.74, 6) is 0.886. The van der Waals surface area contributed by atoms with E-state index >= 15 is 0 Å². The topological polar surface area (TPSA) is 97.8 Å². The molecule has 9 heteroatoms. The van der Waals surface area contributed by atoms with Crippen LogP contribution in [0.2, 0.25) is 0 Å². The number of amides is 1. The van der Waals surface area contributed by atoms with Crippen LogP contribution in [0, 0.1) is 5.92 Å². The van der Waals surface area contributed by atoms with Crippen molar-refractivity contribution in [2.45, 2.75) is 55.6 Å². The largest absolute Gasteiger partial charge is 0.486 e. The van der Waals surface area contributed by atoms with Gasteiger partial charge in [0.15, 0.2) is 11.5 Å². The van der Waals surface area contributed by atoms with Gasteiger partial charge in [0.25, 0.3) is 0 Å². The molecular formula is C23H27N3O5S. The number of nitrogens with zero attached hydrogens (tertiary/aromatic N) is 2. The molecule has 1 saturated carbocycles. The van der Waals surface area contributed by atoms with Crippen molar-refractivity contribution in [3.8, 4) is 11.5 Å². The summed E-state index contributed by atoms with van der Waals surface area (Å²) in [6.45, 7) is 1.08. The maximum Gasteiger partial charge on any atom is 0.244 e. The Kier molecular flexibility index (Phi) is 5.77. The first-order chi connectivity index (χ1) is 15.5. The second-order valence-electron chi connectivity index (χ2n) is 8.54. The van der Waals surface area contributed by atoms with Gasteiger partial charge in [0.1, 0.15) is 19.3 Å². The van der Waals surface area contributed by atoms with E-state index < -0.39 is 16.1 Å². The lowest BCUT2D eigenvalue weighted by Crippen LogP contribution is -2.49. The zero-order valence-electron chi connectivity index (χ0n) is 17.8. The van der Waals surface area contributed by atoms with Gasteiger partial charge in [0.05, 0.1) is 17.1 Å². The molecule has 3 heterocycles. The average molecular weight is 458 g/mol. The third kappa shape index (κ3) is 3.95. The van der Waals surface area contributed by atoms with Crippen LogP contribution < -0.4 is 14.8 Å². The van der Waals surface area contributed by atoms with Crippen LogP contribution in [0.3, 0.4) is 0 Å². The summed E-state index contributed by atoms with van der Waals surface area (Å²) in [6, 6.07) is 9.30. The van der Waals surface area contributed by atoms with Gasteiger partial charge in [-0.3, -0.25) is 9.78 Å². The SMILES string of the molecule is O=C(NCc1ccccn1)[C@@H]1C[C@@H]2CCCC[C@H]2N1S(=O)(=O)c1ccc2c(c1)OCCO2. The Morgan fingerprint density at radius 3 is 2.72 bits per heavy atom. The van der Waals surface area contributed by atoms with Gasteiger partial charge < -0.3 is 14.8 Å². The number of sulfonamides is 1. The quantitative estimate of drug-likeness (QED) is 0.741. The third-order valence-corrected chi connectivity index (χ3v) is 8.52. The number of hydrogen-bond acceptors (Lipinski definition) is 6. The lowest BCUT2D eigenvalue weighted by molar-refractivity contribution is -0.124. The highest BCUT2D eigenvalue weighted by Crippen LogP contribution is 2.43. The van der Waals surface area contributed by atoms with Crippen molar-refractivity contribution in [3.05, 3.63) is 48.3 Å². The van der Waals surface area contributed by atoms with E-state index in [2.05, 4.69) is 10.3 Å². The minimum absolute atomic E-state index is 0.135. The smallest absolute Gasteiger partial charge is 0.244 e. The summed E-state index contributed by atoms with van der Waals surface area (Å²) in [6.07, 6.45) is 5.98. The zero-order chi connectivity index (χ0) is 22.1. The molecule has 8 nitrogen and oxygen atoms in total. The molecule has 2 fully saturated rings. The Hall–Kier alpha value is -2.65. The van der Waals surface area contributed by atoms with Crippen LogP contribution >= 0.6 is 0 Å². The second kappa shape index (κ2) is 8.71. The molecule has 1 aromatic heterocycles. The number of benzene rings is 1. The fourth-order valence-electron chi connectivity index (χ4n) is 5.09. The van der Waals surface area contributed by atoms with Crippen LogP contribution in [0.25, 0.3) is 0 Å². The summed E-state index contributed by atoms with van der Waals surface area (Å²) < 4.78 is 40.2. The molecule has 1 saturated heterocycles. The van der Waals surface area contributed by atoms with E-state index in [1.54, 1.807) is 18.3 Å². The van der Waals surface area contributed by atoms with Gasteiger partial charge in [-0.1, -0.05) is 18.9 Å². The molecule has 3 atom stereocenters. The molecule has 0 unspecified atom stereocenters. The van der Waals surface area contributed by atoms with Crippen molar-refractivity contribution >= 4 is 15.9 Å². The Morgan fingerprint density at radius 2 is 1.91 bits per heavy atom. The molecule has 2 aromatic rings. The van der Waals surface area contributed by atoms with Gasteiger partial charge in [0, 0.05) is 18.3 Å². The van der Waals surface area contributed by atoms with Crippen LogP contribution in [-0.2, 0) is 21.4 Å². The number of aromatic nitrogens is 1. The van der Waals surface area contributed by atoms with E-state index in [1.165, 1.54) is 10.4 Å². The standard InChI is InChI=1S/C23H27N3O5S/c27-23(25-15-17-6-3-4-10-24-17)20-13-16-5-1-2-7-19(16)26(20)32(28,29)18-8-9-21-22(14-18)31-12-11-30-21/h3-4,6,8-10,14,16,19-20H,1-2,5,7,11-13,15H2,(H,25,27)/t16-,19+,20-/m0/s1. The summed E-state index contributed by atoms with van der Waals surface area (Å²) in [4.78, 5) is 17.6. The van der Waals surface area contributed by atoms with Crippen LogP contribution in [0.4, 0.5) is 0 Å². The zero-order valence-corrected chi connectivity index (χ0v) is 18.6. The third-order valence-electron chi connectivity index (χ3n) is 6.59. The minimum Gasteiger partial charge on any atom is -0.486 e. The molecule has 1 aromatic carbocycles. The van der Waals surface area contributed by atoms with Crippen molar-refractivity contribution in [2.24, 2.45) is 5.92 Å². The van der Waals surface area contributed by atoms with Crippen LogP contribution in [0.15, 0.2) is 47.5 Å². The molecule has 2 aliphatic heterocycles. The summed E-state index contributed by atoms with van der Waals surface area (Å²) in [5.41, 5.74) is 0.734. The number of nitrogens with one attached hydrogen (secondary N) is 1. The number of hydrogen-bond donors (Lipinski definition) is 1. The first-order valence-corrected chi connectivity index (χ1v) is 12.6. The van der Waals surface area contributed by atoms with E-state index in [1.807, 2.05) is 18.2 Å². The number of fused-ring (bicyclic) bond motifs is 2. The van der Waals surface area contributed by atoms with E-state index in [9.17, 15) is 13.2 Å². The first-order valence-electron chi connectivity index (χ1n) is 11.1. The van der Waals surface area contributed by atoms with E-state index in [0.29, 0.717) is 31.1 Å². The number of pyridine rings is 1. The predicted molar refractivity (Wildman–Crippen MR) is 117 cm³/mol. The fourth-order valence-corrected chi connectivity index (χ4v) is 6.98. The fraction of sp³-hybridized carbons (Fsp3) is 0.478. The van der Waals surface area contributed by atoms with E-state index in [0.717, 1.165) is 31.4 Å². The highest BCUT2D eigenvalue weighted by molar-refractivity contribution is 7.89. The second-order valence-corrected chi connectivity index (χ2v) is 10.4. The Balaban J connectivity index is 1.43. The highest BCUT2D eigenvalue weighted by atomic mass is 32.2. The van der Waals surface area contributed by atoms with Crippen molar-refractivity contribution < 1.29 is 22.7 Å². The number of carbonyl (C=O) groups is 1. The van der Waals surface area contributed by atoms with E-state index in [4.69, 9.17) is 9.47 Å². The van der Waals surface area contributed by atoms with Crippen molar-refractivity contribution in [1.29, 1.82) is 0 Å². The van der Waals surface area contributed by atoms with Gasteiger partial charge in [-0.05, 0) is 49.4 Å². The Bertz CT molecular complexity index is 1090. The molecule has 0 spiro atoms. The van der Waals surface area contributed by atoms with Crippen LogP contribution in [0.1, 0.15) is 37.8 Å². The maximum absolute atomic E-state index is 13.8. The Labute approximate surface area is 188 Å². The monoisotopic (exact) mass is 457 g/mol. The van der Waals surface area contributed by atoms with Gasteiger partial charge in [-0.15, -0.1) is 0 Å². The van der Waals surface area contributed by atoms with Gasteiger partial charge in [-0.2, -0.15) is 4.31 Å². The average Bonchev–Trinajstić information content (AvgIpc) is 3.23. The molecule has 3 aliphatic rings. The van der Waals surface area contributed by atoms with Crippen molar-refractivity contribution in [2.75, 3.05) is 13.2 Å². The minimum atomic E-state index is -3.90. The molecule has 1 N–H and O–H groups in total. The number of rotatable bonds is 5. The van der Waals surface area contributed by atoms with Crippen molar-refractivity contribution in [1.82, 2.24) is 14.6 Å². The lowest BCUT2D eigenvalue weighted by atomic mass is 9.85. The van der Waals surface area contributed by atoms with Crippen LogP contribution in [-0.4, -0.2) is 48.9 Å². The molecule has 1 aliphatic carbocycles. The summed E-state index contributed by atoms with van der Waals surface area (Å²) >= 11 is 0. The van der Waals surface area contributed by atoms with Crippen molar-refractivity contribution in [3.63, 3.8) is 0 Å². The van der Waals surface area contributed by atoms with Gasteiger partial charge in [-0.25, -0.2) is 8.42 Å². The van der Waals surface area contributed by atoms with Gasteiger partial charge >= 0.3 is 0 Å². The Morgan fingerprint density at radius 1 is 1.09 bits per heavy atom. The van der Waals surface area contributed by atoms with Gasteiger partial charge in [0.2, 0.25) is 15.9 Å². The number of carbonyl (C=O) groups excluding carboxylic acids is 1. The molecule has 0 bridgehead atoms. The molecular weight excluding hydrogens is 430 g/mol. The molecule has 0 radical (unpaired) electrons. The lowest BCUT2D eigenvalue weighted by Gasteiger charge is -2.33. The summed E-state index contributed by atoms with van der Waals surface area (Å²) in [5, 5.41) is 2.90. The molecule has 170 valence electrons. The normalized spacial score (nSPS) is 25.2. The predicted octanol–water partition coefficient (Wildman–Crippen LogP) is 2.49. The molecule has 5 rings (SSSR count). The molecule has 1 amide bonds. The summed E-state index contributed by atoms with van der Waals surface area (Å²) in [7, 11) is -3.90. The molecule has 32 heavy (non-hydrogen) atoms. The first kappa shape index (κ1) is 21.2. The highest BCUT2D eigenvalue weighted by Gasteiger charge is 2.51.